The van der Waals surface area contributed by atoms with Gasteiger partial charge in [0, 0.05) is 0 Å². The van der Waals surface area contributed by atoms with Crippen molar-refractivity contribution in [2.75, 3.05) is 18.6 Å². The minimum absolute atomic E-state index is 0.0988. The van der Waals surface area contributed by atoms with Gasteiger partial charge >= 0.3 is 19.1 Å². The average Bonchev–Trinajstić information content (AvgIpc) is 2.53. The van der Waals surface area contributed by atoms with Crippen LogP contribution in [-0.4, -0.2) is 64.8 Å². The van der Waals surface area contributed by atoms with Gasteiger partial charge in [0.15, 0.2) is 6.61 Å². The molecule has 0 radical (unpaired) electrons. The number of aliphatic carboxylic acids is 1. The first-order valence-electron chi connectivity index (χ1n) is 7.20. The molecule has 0 saturated heterocycles. The zero-order valence-electron chi connectivity index (χ0n) is 13.2. The number of carboxylic acid groups (broad SMARTS) is 2. The largest absolute Gasteiger partial charge is 0.547 e. The second-order valence-corrected chi connectivity index (χ2v) is 6.10. The van der Waals surface area contributed by atoms with Crippen LogP contribution >= 0.6 is 11.8 Å². The lowest BCUT2D eigenvalue weighted by Crippen LogP contribution is -2.53. The topological polar surface area (TPSA) is 142 Å². The van der Waals surface area contributed by atoms with Gasteiger partial charge in [0.1, 0.15) is 17.1 Å². The van der Waals surface area contributed by atoms with E-state index in [4.69, 9.17) is 14.5 Å². The number of carbonyl (C=O) groups excluding carboxylic acids is 1. The lowest BCUT2D eigenvalue weighted by atomic mass is 9.72. The van der Waals surface area contributed by atoms with Gasteiger partial charge in [-0.05, 0) is 24.3 Å². The number of amides is 1. The summed E-state index contributed by atoms with van der Waals surface area (Å²) in [5.74, 6) is -3.69. The van der Waals surface area contributed by atoms with Crippen molar-refractivity contribution in [1.82, 2.24) is 5.32 Å². The van der Waals surface area contributed by atoms with Crippen molar-refractivity contribution in [1.29, 1.82) is 0 Å². The van der Waals surface area contributed by atoms with Crippen molar-refractivity contribution in [3.05, 3.63) is 23.3 Å². The van der Waals surface area contributed by atoms with Crippen LogP contribution in [0.25, 0.3) is 0 Å². The van der Waals surface area contributed by atoms with E-state index in [2.05, 4.69) is 5.32 Å². The van der Waals surface area contributed by atoms with Gasteiger partial charge in [-0.3, -0.25) is 4.79 Å². The second-order valence-electron chi connectivity index (χ2n) is 5.23. The van der Waals surface area contributed by atoms with Crippen molar-refractivity contribution in [2.24, 2.45) is 0 Å². The third-order valence-corrected chi connectivity index (χ3v) is 3.96. The number of carboxylic acids is 2. The number of thioether (sulfide) groups is 1. The number of aromatic carboxylic acids is 1. The second kappa shape index (κ2) is 8.12. The molecule has 134 valence electrons. The van der Waals surface area contributed by atoms with E-state index in [0.29, 0.717) is 5.56 Å². The van der Waals surface area contributed by atoms with Crippen LogP contribution in [0.5, 0.6) is 11.5 Å². The molecule has 4 N–H and O–H groups in total. The molecule has 1 heterocycles. The Morgan fingerprint density at radius 3 is 2.72 bits per heavy atom. The summed E-state index contributed by atoms with van der Waals surface area (Å²) in [6, 6.07) is 2.84. The maximum atomic E-state index is 11.7. The van der Waals surface area contributed by atoms with E-state index in [-0.39, 0.29) is 35.1 Å². The molecule has 11 heteroatoms. The Morgan fingerprint density at radius 1 is 1.40 bits per heavy atom. The molecule has 0 fully saturated rings. The Balaban J connectivity index is 2.28. The maximum Gasteiger partial charge on any atom is 0.547 e. The van der Waals surface area contributed by atoms with E-state index in [9.17, 15) is 24.5 Å². The van der Waals surface area contributed by atoms with Gasteiger partial charge in [-0.15, -0.1) is 0 Å². The van der Waals surface area contributed by atoms with Crippen LogP contribution < -0.4 is 14.7 Å². The predicted octanol–water partition coefficient (Wildman–Crippen LogP) is -0.349. The lowest BCUT2D eigenvalue weighted by Gasteiger charge is -2.29. The molecule has 0 bridgehead atoms. The van der Waals surface area contributed by atoms with Crippen molar-refractivity contribution >= 4 is 36.7 Å². The zero-order chi connectivity index (χ0) is 18.6. The van der Waals surface area contributed by atoms with E-state index in [1.807, 2.05) is 0 Å². The summed E-state index contributed by atoms with van der Waals surface area (Å²) in [7, 11) is -1.44. The fourth-order valence-electron chi connectivity index (χ4n) is 2.41. The highest BCUT2D eigenvalue weighted by atomic mass is 32.2. The van der Waals surface area contributed by atoms with E-state index in [0.717, 1.165) is 0 Å². The Hall–Kier alpha value is -2.40. The minimum Gasteiger partial charge on any atom is -0.534 e. The Bertz CT molecular complexity index is 698. The SMILES string of the molecule is CSCC(=O)NC1Cc2ccc(OCC(=O)O)c(C(=O)O)c2OB1O. The van der Waals surface area contributed by atoms with Gasteiger partial charge in [-0.2, -0.15) is 11.8 Å². The van der Waals surface area contributed by atoms with Gasteiger partial charge in [0.2, 0.25) is 5.91 Å². The third kappa shape index (κ3) is 4.57. The molecule has 0 spiro atoms. The molecule has 1 aliphatic rings. The van der Waals surface area contributed by atoms with Crippen LogP contribution in [0, 0.1) is 0 Å². The van der Waals surface area contributed by atoms with Gasteiger partial charge in [0.05, 0.1) is 11.7 Å². The smallest absolute Gasteiger partial charge is 0.534 e. The first kappa shape index (κ1) is 18.9. The molecule has 1 aromatic rings. The molecular weight excluding hydrogens is 353 g/mol. The monoisotopic (exact) mass is 369 g/mol. The van der Waals surface area contributed by atoms with E-state index in [1.54, 1.807) is 6.26 Å². The fraction of sp³-hybridized carbons (Fsp3) is 0.357. The normalized spacial score (nSPS) is 15.8. The summed E-state index contributed by atoms with van der Waals surface area (Å²) in [6.45, 7) is -0.713. The summed E-state index contributed by atoms with van der Waals surface area (Å²) >= 11 is 1.32. The highest BCUT2D eigenvalue weighted by molar-refractivity contribution is 7.99. The van der Waals surface area contributed by atoms with Crippen LogP contribution in [0.1, 0.15) is 15.9 Å². The molecule has 1 unspecified atom stereocenters. The first-order valence-corrected chi connectivity index (χ1v) is 8.59. The molecule has 0 aliphatic carbocycles. The summed E-state index contributed by atoms with van der Waals surface area (Å²) < 4.78 is 10.3. The van der Waals surface area contributed by atoms with Crippen LogP contribution in [0.2, 0.25) is 0 Å². The van der Waals surface area contributed by atoms with Crippen LogP contribution in [0.3, 0.4) is 0 Å². The summed E-state index contributed by atoms with van der Waals surface area (Å²) in [4.78, 5) is 33.8. The number of hydrogen-bond acceptors (Lipinski definition) is 7. The molecule has 1 aliphatic heterocycles. The summed E-state index contributed by atoms with van der Waals surface area (Å²) in [6.07, 6.45) is 1.93. The average molecular weight is 369 g/mol. The van der Waals surface area contributed by atoms with Gasteiger partial charge in [-0.25, -0.2) is 9.59 Å². The molecule has 1 amide bonds. The number of carbonyl (C=O) groups is 3. The molecule has 9 nitrogen and oxygen atoms in total. The van der Waals surface area contributed by atoms with Gasteiger partial charge < -0.3 is 29.9 Å². The molecular formula is C14H16BNO8S. The zero-order valence-corrected chi connectivity index (χ0v) is 14.0. The standard InChI is InChI=1S/C14H16BNO8S/c1-25-6-10(17)16-9-4-7-2-3-8(23-5-11(18)19)12(14(20)21)13(7)24-15(9)22/h2-3,9,22H,4-6H2,1H3,(H,16,17)(H,18,19)(H,20,21). The summed E-state index contributed by atoms with van der Waals surface area (Å²) in [5, 5.41) is 30.8. The van der Waals surface area contributed by atoms with Crippen LogP contribution in [0.4, 0.5) is 0 Å². The fourth-order valence-corrected chi connectivity index (χ4v) is 2.75. The third-order valence-electron chi connectivity index (χ3n) is 3.41. The van der Waals surface area contributed by atoms with Crippen molar-refractivity contribution in [3.63, 3.8) is 0 Å². The highest BCUT2D eigenvalue weighted by Gasteiger charge is 2.38. The lowest BCUT2D eigenvalue weighted by molar-refractivity contribution is -0.139. The Kier molecular flexibility index (Phi) is 6.15. The van der Waals surface area contributed by atoms with E-state index in [1.165, 1.54) is 23.9 Å². The number of hydrogen-bond donors (Lipinski definition) is 4. The summed E-state index contributed by atoms with van der Waals surface area (Å²) in [5.41, 5.74) is 0.0894. The van der Waals surface area contributed by atoms with Crippen molar-refractivity contribution in [3.8, 4) is 11.5 Å². The molecule has 2 rings (SSSR count). The Morgan fingerprint density at radius 2 is 2.12 bits per heavy atom. The molecule has 0 aromatic heterocycles. The number of ether oxygens (including phenoxy) is 1. The molecule has 0 saturated carbocycles. The highest BCUT2D eigenvalue weighted by Crippen LogP contribution is 2.36. The van der Waals surface area contributed by atoms with Crippen molar-refractivity contribution < 1.29 is 39.0 Å². The van der Waals surface area contributed by atoms with Crippen LogP contribution in [0.15, 0.2) is 12.1 Å². The number of rotatable bonds is 7. The molecule has 1 atom stereocenters. The quantitative estimate of drug-likeness (QED) is 0.474. The number of nitrogens with one attached hydrogen (secondary N) is 1. The minimum atomic E-state index is -1.44. The Labute approximate surface area is 147 Å². The van der Waals surface area contributed by atoms with E-state index < -0.39 is 31.6 Å². The molecule has 1 aromatic carbocycles. The van der Waals surface area contributed by atoms with Crippen LogP contribution in [-0.2, 0) is 16.0 Å². The number of fused-ring (bicyclic) bond motifs is 1. The van der Waals surface area contributed by atoms with Crippen molar-refractivity contribution in [2.45, 2.75) is 12.4 Å². The predicted molar refractivity (Wildman–Crippen MR) is 89.1 cm³/mol. The molecule has 25 heavy (non-hydrogen) atoms. The van der Waals surface area contributed by atoms with E-state index >= 15 is 0 Å². The maximum absolute atomic E-state index is 11.7. The van der Waals surface area contributed by atoms with Gasteiger partial charge in [0.25, 0.3) is 0 Å². The van der Waals surface area contributed by atoms with Gasteiger partial charge in [-0.1, -0.05) is 6.07 Å². The number of benzene rings is 1. The first-order chi connectivity index (χ1) is 11.8.